The van der Waals surface area contributed by atoms with Crippen molar-refractivity contribution in [2.24, 2.45) is 0 Å². The van der Waals surface area contributed by atoms with Crippen molar-refractivity contribution in [2.45, 2.75) is 37.0 Å². The predicted octanol–water partition coefficient (Wildman–Crippen LogP) is 3.02. The minimum absolute atomic E-state index is 0.0354. The van der Waals surface area contributed by atoms with Crippen molar-refractivity contribution in [3.05, 3.63) is 41.7 Å². The summed E-state index contributed by atoms with van der Waals surface area (Å²) in [6.07, 6.45) is 2.68. The third-order valence-electron chi connectivity index (χ3n) is 3.23. The summed E-state index contributed by atoms with van der Waals surface area (Å²) < 4.78 is 41.3. The fraction of sp³-hybridized carbons (Fsp3) is 0.357. The fourth-order valence-corrected chi connectivity index (χ4v) is 3.01. The Labute approximate surface area is 124 Å². The zero-order valence-corrected chi connectivity index (χ0v) is 12.7. The molecule has 0 spiro atoms. The van der Waals surface area contributed by atoms with Gasteiger partial charge >= 0.3 is 0 Å². The van der Waals surface area contributed by atoms with E-state index in [0.29, 0.717) is 5.69 Å². The predicted molar refractivity (Wildman–Crippen MR) is 78.1 cm³/mol. The number of rotatable bonds is 5. The number of nitrogen functional groups attached to an aromatic ring is 1. The smallest absolute Gasteiger partial charge is 0.144 e. The number of aromatic nitrogens is 2. The molecule has 2 atom stereocenters. The van der Waals surface area contributed by atoms with Gasteiger partial charge in [-0.25, -0.2) is 8.78 Å². The van der Waals surface area contributed by atoms with Crippen LogP contribution in [0.2, 0.25) is 0 Å². The van der Waals surface area contributed by atoms with Crippen molar-refractivity contribution in [1.82, 2.24) is 9.78 Å². The molecule has 0 bridgehead atoms. The van der Waals surface area contributed by atoms with E-state index < -0.39 is 27.3 Å². The largest absolute Gasteiger partial charge is 0.399 e. The lowest BCUT2D eigenvalue weighted by atomic mass is 10.3. The maximum Gasteiger partial charge on any atom is 0.144 e. The number of nitrogens with zero attached hydrogens (tertiary/aromatic N) is 2. The van der Waals surface area contributed by atoms with Gasteiger partial charge in [-0.2, -0.15) is 5.10 Å². The van der Waals surface area contributed by atoms with Crippen molar-refractivity contribution in [3.8, 4) is 0 Å². The molecule has 2 N–H and O–H groups in total. The Hall–Kier alpha value is -1.76. The van der Waals surface area contributed by atoms with Crippen LogP contribution in [0, 0.1) is 11.6 Å². The maximum atomic E-state index is 13.7. The molecular formula is C14H17F2N3OS. The highest BCUT2D eigenvalue weighted by atomic mass is 32.2. The van der Waals surface area contributed by atoms with Crippen molar-refractivity contribution in [3.63, 3.8) is 0 Å². The molecule has 4 nitrogen and oxygen atoms in total. The molecule has 0 aliphatic rings. The average Bonchev–Trinajstić information content (AvgIpc) is 2.85. The summed E-state index contributed by atoms with van der Waals surface area (Å²) in [4.78, 5) is -0.456. The van der Waals surface area contributed by atoms with Crippen LogP contribution in [-0.4, -0.2) is 14.0 Å². The molecule has 0 amide bonds. The van der Waals surface area contributed by atoms with Gasteiger partial charge in [0.25, 0.3) is 0 Å². The van der Waals surface area contributed by atoms with Gasteiger partial charge in [0.1, 0.15) is 16.5 Å². The zero-order chi connectivity index (χ0) is 15.6. The first kappa shape index (κ1) is 15.6. The number of halogens is 2. The molecule has 0 saturated carbocycles. The van der Waals surface area contributed by atoms with Crippen LogP contribution < -0.4 is 5.73 Å². The third-order valence-corrected chi connectivity index (χ3v) is 4.64. The number of nitrogens with two attached hydrogens (primary N) is 1. The first-order chi connectivity index (χ1) is 9.92. The number of benzene rings is 1. The van der Waals surface area contributed by atoms with E-state index in [2.05, 4.69) is 5.10 Å². The Morgan fingerprint density at radius 2 is 2.00 bits per heavy atom. The van der Waals surface area contributed by atoms with E-state index in [4.69, 9.17) is 5.73 Å². The molecule has 1 aromatic carbocycles. The Morgan fingerprint density at radius 3 is 2.57 bits per heavy atom. The van der Waals surface area contributed by atoms with Gasteiger partial charge in [-0.1, -0.05) is 6.92 Å². The highest BCUT2D eigenvalue weighted by Crippen LogP contribution is 2.22. The number of hydrogen-bond donors (Lipinski definition) is 1. The van der Waals surface area contributed by atoms with E-state index in [1.807, 2.05) is 13.8 Å². The van der Waals surface area contributed by atoms with Gasteiger partial charge in [-0.3, -0.25) is 8.89 Å². The van der Waals surface area contributed by atoms with Crippen molar-refractivity contribution < 1.29 is 13.0 Å². The molecule has 114 valence electrons. The van der Waals surface area contributed by atoms with E-state index in [-0.39, 0.29) is 17.5 Å². The van der Waals surface area contributed by atoms with Crippen LogP contribution in [0.4, 0.5) is 14.5 Å². The lowest BCUT2D eigenvalue weighted by Gasteiger charge is -2.08. The van der Waals surface area contributed by atoms with E-state index in [0.717, 1.165) is 18.6 Å². The first-order valence-corrected chi connectivity index (χ1v) is 7.91. The Morgan fingerprint density at radius 1 is 1.38 bits per heavy atom. The van der Waals surface area contributed by atoms with E-state index in [1.54, 1.807) is 16.9 Å². The van der Waals surface area contributed by atoms with Gasteiger partial charge in [-0.15, -0.1) is 0 Å². The SMILES string of the molecule is CCC(C)n1ccc(CS(=O)c2c(F)cc(N)cc2F)n1. The van der Waals surface area contributed by atoms with Gasteiger partial charge in [0.15, 0.2) is 0 Å². The van der Waals surface area contributed by atoms with Gasteiger partial charge in [0.2, 0.25) is 0 Å². The Bertz CT molecular complexity index is 649. The summed E-state index contributed by atoms with van der Waals surface area (Å²) in [6.45, 7) is 4.04. The highest BCUT2D eigenvalue weighted by Gasteiger charge is 2.18. The minimum atomic E-state index is -1.85. The summed E-state index contributed by atoms with van der Waals surface area (Å²) in [6, 6.07) is 3.86. The average molecular weight is 313 g/mol. The third kappa shape index (κ3) is 3.47. The quantitative estimate of drug-likeness (QED) is 0.863. The minimum Gasteiger partial charge on any atom is -0.399 e. The molecule has 7 heteroatoms. The number of hydrogen-bond acceptors (Lipinski definition) is 3. The van der Waals surface area contributed by atoms with Crippen LogP contribution in [0.5, 0.6) is 0 Å². The molecule has 0 aliphatic carbocycles. The monoisotopic (exact) mass is 313 g/mol. The van der Waals surface area contributed by atoms with E-state index >= 15 is 0 Å². The molecule has 0 radical (unpaired) electrons. The van der Waals surface area contributed by atoms with Crippen molar-refractivity contribution >= 4 is 16.5 Å². The van der Waals surface area contributed by atoms with Crippen LogP contribution in [0.1, 0.15) is 32.0 Å². The second-order valence-corrected chi connectivity index (χ2v) is 6.24. The summed E-state index contributed by atoms with van der Waals surface area (Å²) in [5.41, 5.74) is 5.83. The summed E-state index contributed by atoms with van der Waals surface area (Å²) in [5, 5.41) is 4.28. The topological polar surface area (TPSA) is 60.9 Å². The van der Waals surface area contributed by atoms with Crippen LogP contribution >= 0.6 is 0 Å². The summed E-state index contributed by atoms with van der Waals surface area (Å²) in [5.74, 6) is -1.83. The van der Waals surface area contributed by atoms with Gasteiger partial charge in [0.05, 0.1) is 22.2 Å². The highest BCUT2D eigenvalue weighted by molar-refractivity contribution is 7.84. The van der Waals surface area contributed by atoms with E-state index in [1.165, 1.54) is 0 Å². The molecule has 2 unspecified atom stereocenters. The van der Waals surface area contributed by atoms with Crippen molar-refractivity contribution in [1.29, 1.82) is 0 Å². The molecule has 0 saturated heterocycles. The first-order valence-electron chi connectivity index (χ1n) is 6.59. The van der Waals surface area contributed by atoms with Gasteiger partial charge < -0.3 is 5.73 Å². The fourth-order valence-electron chi connectivity index (χ4n) is 1.89. The Kier molecular flexibility index (Phi) is 4.72. The molecule has 2 rings (SSSR count). The molecule has 1 heterocycles. The summed E-state index contributed by atoms with van der Waals surface area (Å²) >= 11 is 0. The summed E-state index contributed by atoms with van der Waals surface area (Å²) in [7, 11) is -1.85. The lowest BCUT2D eigenvalue weighted by Crippen LogP contribution is -2.07. The van der Waals surface area contributed by atoms with E-state index in [9.17, 15) is 13.0 Å². The Balaban J connectivity index is 2.21. The maximum absolute atomic E-state index is 13.7. The molecule has 0 aliphatic heterocycles. The standard InChI is InChI=1S/C14H17F2N3OS/c1-3-9(2)19-5-4-11(18-19)8-21(20)14-12(15)6-10(17)7-13(14)16/h4-7,9H,3,8,17H2,1-2H3. The molecule has 1 aromatic heterocycles. The van der Waals surface area contributed by atoms with Gasteiger partial charge in [0, 0.05) is 17.9 Å². The molecular weight excluding hydrogens is 296 g/mol. The molecule has 0 fully saturated rings. The van der Waals surface area contributed by atoms with Crippen LogP contribution in [0.25, 0.3) is 0 Å². The number of anilines is 1. The lowest BCUT2D eigenvalue weighted by molar-refractivity contribution is 0.475. The normalized spacial score (nSPS) is 14.1. The molecule has 21 heavy (non-hydrogen) atoms. The zero-order valence-electron chi connectivity index (χ0n) is 11.8. The van der Waals surface area contributed by atoms with Crippen molar-refractivity contribution in [2.75, 3.05) is 5.73 Å². The van der Waals surface area contributed by atoms with Crippen LogP contribution in [-0.2, 0) is 16.6 Å². The second-order valence-electron chi connectivity index (χ2n) is 4.85. The van der Waals surface area contributed by atoms with Crippen LogP contribution in [0.3, 0.4) is 0 Å². The molecule has 2 aromatic rings. The van der Waals surface area contributed by atoms with Crippen LogP contribution in [0.15, 0.2) is 29.3 Å². The second kappa shape index (κ2) is 6.34. The van der Waals surface area contributed by atoms with Gasteiger partial charge in [-0.05, 0) is 31.5 Å².